The number of benzene rings is 4. The van der Waals surface area contributed by atoms with Crippen molar-refractivity contribution in [1.29, 1.82) is 0 Å². The minimum Gasteiger partial charge on any atom is -0.491 e. The molecule has 4 aromatic carbocycles. The van der Waals surface area contributed by atoms with E-state index < -0.39 is 0 Å². The molecule has 4 aromatic rings. The van der Waals surface area contributed by atoms with E-state index in [0.717, 1.165) is 47.0 Å². The molecule has 6 rings (SSSR count). The van der Waals surface area contributed by atoms with E-state index in [9.17, 15) is 9.59 Å². The van der Waals surface area contributed by atoms with Gasteiger partial charge in [0.05, 0.1) is 38.6 Å². The molecule has 2 saturated heterocycles. The van der Waals surface area contributed by atoms with Crippen LogP contribution in [-0.2, 0) is 28.5 Å². The third-order valence-electron chi connectivity index (χ3n) is 8.47. The molecule has 274 valence electrons. The fourth-order valence-corrected chi connectivity index (χ4v) is 5.22. The Hall–Kier alpha value is -4.74. The van der Waals surface area contributed by atoms with Crippen LogP contribution in [0, 0.1) is 0 Å². The summed E-state index contributed by atoms with van der Waals surface area (Å²) in [5, 5.41) is 0. The van der Waals surface area contributed by atoms with Gasteiger partial charge in [-0.3, -0.25) is 9.59 Å². The third kappa shape index (κ3) is 12.5. The topological polar surface area (TPSA) is 115 Å². The highest BCUT2D eigenvalue weighted by atomic mass is 16.6. The molecule has 0 bridgehead atoms. The van der Waals surface area contributed by atoms with Crippen LogP contribution in [-0.4, -0.2) is 76.0 Å². The van der Waals surface area contributed by atoms with E-state index in [1.54, 1.807) is 24.3 Å². The molecule has 52 heavy (non-hydrogen) atoms. The summed E-state index contributed by atoms with van der Waals surface area (Å²) in [5.74, 6) is 1.80. The van der Waals surface area contributed by atoms with Crippen LogP contribution >= 0.6 is 0 Å². The first kappa shape index (κ1) is 37.0. The van der Waals surface area contributed by atoms with Gasteiger partial charge in [0.25, 0.3) is 0 Å². The lowest BCUT2D eigenvalue weighted by molar-refractivity contribution is -0.136. The van der Waals surface area contributed by atoms with Crippen molar-refractivity contribution >= 4 is 11.9 Å². The summed E-state index contributed by atoms with van der Waals surface area (Å²) < 4.78 is 44.4. The summed E-state index contributed by atoms with van der Waals surface area (Å²) in [6.07, 6.45) is 1.88. The molecule has 10 nitrogen and oxygen atoms in total. The van der Waals surface area contributed by atoms with Crippen molar-refractivity contribution in [2.45, 2.75) is 63.9 Å². The van der Waals surface area contributed by atoms with Crippen LogP contribution in [0.1, 0.15) is 39.5 Å². The van der Waals surface area contributed by atoms with Gasteiger partial charge >= 0.3 is 11.9 Å². The summed E-state index contributed by atoms with van der Waals surface area (Å²) in [7, 11) is 0. The lowest BCUT2D eigenvalue weighted by Crippen LogP contribution is -2.20. The molecule has 0 saturated carbocycles. The number of epoxide rings is 2. The van der Waals surface area contributed by atoms with Crippen molar-refractivity contribution in [3.8, 4) is 45.3 Å². The molecule has 4 unspecified atom stereocenters. The second-order valence-electron chi connectivity index (χ2n) is 13.1. The molecule has 2 heterocycles. The van der Waals surface area contributed by atoms with Gasteiger partial charge in [0, 0.05) is 12.8 Å². The van der Waals surface area contributed by atoms with Crippen molar-refractivity contribution in [2.75, 3.05) is 39.6 Å². The van der Waals surface area contributed by atoms with E-state index >= 15 is 0 Å². The number of rotatable bonds is 21. The van der Waals surface area contributed by atoms with Crippen molar-refractivity contribution < 1.29 is 47.5 Å². The zero-order chi connectivity index (χ0) is 36.1. The van der Waals surface area contributed by atoms with E-state index in [-0.39, 0.29) is 49.2 Å². The molecule has 0 N–H and O–H groups in total. The van der Waals surface area contributed by atoms with Crippen molar-refractivity contribution in [2.24, 2.45) is 0 Å². The second-order valence-corrected chi connectivity index (χ2v) is 13.1. The average molecular weight is 711 g/mol. The molecule has 0 amide bonds. The van der Waals surface area contributed by atoms with E-state index in [0.29, 0.717) is 50.8 Å². The highest BCUT2D eigenvalue weighted by Gasteiger charge is 2.24. The summed E-state index contributed by atoms with van der Waals surface area (Å²) in [5.41, 5.74) is 4.03. The first-order valence-electron chi connectivity index (χ1n) is 17.9. The monoisotopic (exact) mass is 710 g/mol. The molecule has 4 atom stereocenters. The van der Waals surface area contributed by atoms with Crippen LogP contribution in [0.5, 0.6) is 23.0 Å². The number of ether oxygens (including phenoxy) is 8. The van der Waals surface area contributed by atoms with E-state index in [1.165, 1.54) is 0 Å². The summed E-state index contributed by atoms with van der Waals surface area (Å²) in [6, 6.07) is 30.4. The van der Waals surface area contributed by atoms with Crippen LogP contribution < -0.4 is 18.9 Å². The Morgan fingerprint density at radius 1 is 0.538 bits per heavy atom. The van der Waals surface area contributed by atoms with Gasteiger partial charge in [0.15, 0.2) is 0 Å². The van der Waals surface area contributed by atoms with Gasteiger partial charge in [-0.2, -0.15) is 0 Å². The fraction of sp³-hybridized carbons (Fsp3) is 0.381. The van der Waals surface area contributed by atoms with Crippen LogP contribution in [0.2, 0.25) is 0 Å². The normalized spacial score (nSPS) is 17.1. The van der Waals surface area contributed by atoms with Gasteiger partial charge in [-0.05, 0) is 97.5 Å². The Morgan fingerprint density at radius 3 is 1.15 bits per heavy atom. The smallest absolute Gasteiger partial charge is 0.311 e. The average Bonchev–Trinajstić information content (AvgIpc) is 4.11. The Morgan fingerprint density at radius 2 is 0.846 bits per heavy atom. The minimum atomic E-state index is -0.344. The number of hydrogen-bond acceptors (Lipinski definition) is 10. The standard InChI is InChI=1S/C42H46O10/c1-29(45-25-39-27-49-39)23-47-35-15-7-31(8-16-35)33-11-19-37(20-12-33)51-41(43)5-3-4-6-42(44)52-38-21-13-34(14-22-38)32-9-17-36(18-10-32)48-24-30(2)46-26-40-28-50-40/h7-22,29-30,39-40H,3-6,23-28H2,1-2H3. The van der Waals surface area contributed by atoms with Crippen molar-refractivity contribution in [3.05, 3.63) is 97.1 Å². The predicted octanol–water partition coefficient (Wildman–Crippen LogP) is 7.46. The quantitative estimate of drug-likeness (QED) is 0.0374. The number of carbonyl (C=O) groups is 2. The Bertz CT molecular complexity index is 1570. The molecule has 2 fully saturated rings. The first-order chi connectivity index (χ1) is 25.4. The Balaban J connectivity index is 0.840. The SMILES string of the molecule is CC(COc1ccc(-c2ccc(OC(=O)CCCCC(=O)Oc3ccc(-c4ccc(OCC(C)OCC5CO5)cc4)cc3)cc2)cc1)OCC1CO1. The van der Waals surface area contributed by atoms with E-state index in [4.69, 9.17) is 37.9 Å². The highest BCUT2D eigenvalue weighted by Crippen LogP contribution is 2.27. The lowest BCUT2D eigenvalue weighted by atomic mass is 10.1. The van der Waals surface area contributed by atoms with Crippen LogP contribution in [0.25, 0.3) is 22.3 Å². The molecule has 2 aliphatic heterocycles. The molecule has 10 heteroatoms. The number of carbonyl (C=O) groups excluding carboxylic acids is 2. The van der Waals surface area contributed by atoms with E-state index in [1.807, 2.05) is 86.6 Å². The van der Waals surface area contributed by atoms with Crippen LogP contribution in [0.15, 0.2) is 97.1 Å². The molecular formula is C42H46O10. The second kappa shape index (κ2) is 18.7. The van der Waals surface area contributed by atoms with Crippen molar-refractivity contribution in [1.82, 2.24) is 0 Å². The number of esters is 2. The maximum absolute atomic E-state index is 12.4. The molecule has 0 aromatic heterocycles. The van der Waals surface area contributed by atoms with Crippen LogP contribution in [0.3, 0.4) is 0 Å². The first-order valence-corrected chi connectivity index (χ1v) is 17.9. The van der Waals surface area contributed by atoms with Gasteiger partial charge in [-0.1, -0.05) is 48.5 Å². The largest absolute Gasteiger partial charge is 0.491 e. The fourth-order valence-electron chi connectivity index (χ4n) is 5.22. The highest BCUT2D eigenvalue weighted by molar-refractivity contribution is 5.74. The van der Waals surface area contributed by atoms with E-state index in [2.05, 4.69) is 0 Å². The maximum Gasteiger partial charge on any atom is 0.311 e. The van der Waals surface area contributed by atoms with Gasteiger partial charge in [0.1, 0.15) is 48.4 Å². The Kier molecular flexibility index (Phi) is 13.3. The summed E-state index contributed by atoms with van der Waals surface area (Å²) in [4.78, 5) is 24.8. The molecule has 2 aliphatic rings. The maximum atomic E-state index is 12.4. The number of hydrogen-bond donors (Lipinski definition) is 0. The zero-order valence-corrected chi connectivity index (χ0v) is 29.7. The zero-order valence-electron chi connectivity index (χ0n) is 29.7. The molecule has 0 spiro atoms. The Labute approximate surface area is 304 Å². The molecule has 0 aliphatic carbocycles. The van der Waals surface area contributed by atoms with Crippen molar-refractivity contribution in [3.63, 3.8) is 0 Å². The third-order valence-corrected chi connectivity index (χ3v) is 8.47. The summed E-state index contributed by atoms with van der Waals surface area (Å²) >= 11 is 0. The molecule has 0 radical (unpaired) electrons. The summed E-state index contributed by atoms with van der Waals surface area (Å²) in [6.45, 7) is 7.65. The van der Waals surface area contributed by atoms with Crippen LogP contribution in [0.4, 0.5) is 0 Å². The lowest BCUT2D eigenvalue weighted by Gasteiger charge is -2.14. The van der Waals surface area contributed by atoms with Gasteiger partial charge in [-0.25, -0.2) is 0 Å². The number of unbranched alkanes of at least 4 members (excludes halogenated alkanes) is 1. The molecular weight excluding hydrogens is 664 g/mol. The minimum absolute atomic E-state index is 0.0170. The van der Waals surface area contributed by atoms with Gasteiger partial charge in [-0.15, -0.1) is 0 Å². The predicted molar refractivity (Wildman–Crippen MR) is 195 cm³/mol. The van der Waals surface area contributed by atoms with Gasteiger partial charge < -0.3 is 37.9 Å². The van der Waals surface area contributed by atoms with Gasteiger partial charge in [0.2, 0.25) is 0 Å².